The number of carbonyl (C=O) groups excluding carboxylic acids is 2. The highest BCUT2D eigenvalue weighted by atomic mass is 16.4. The van der Waals surface area contributed by atoms with Crippen LogP contribution in [0.15, 0.2) is 28.7 Å². The van der Waals surface area contributed by atoms with E-state index in [1.807, 2.05) is 0 Å². The fraction of sp³-hybridized carbons (Fsp3) is 0.333. The van der Waals surface area contributed by atoms with Crippen LogP contribution in [0.1, 0.15) is 69.0 Å². The van der Waals surface area contributed by atoms with Crippen LogP contribution < -0.4 is 0 Å². The lowest BCUT2D eigenvalue weighted by Crippen LogP contribution is -2.20. The summed E-state index contributed by atoms with van der Waals surface area (Å²) in [7, 11) is 0. The minimum atomic E-state index is -0.146. The number of furan rings is 1. The molecule has 2 aromatic rings. The molecule has 0 bridgehead atoms. The normalized spacial score (nSPS) is 17.5. The number of hydrogen-bond acceptors (Lipinski definition) is 3. The predicted octanol–water partition coefficient (Wildman–Crippen LogP) is 3.71. The first-order chi connectivity index (χ1) is 10.3. The molecule has 3 heteroatoms. The number of hydrogen-bond donors (Lipinski definition) is 0. The van der Waals surface area contributed by atoms with Crippen LogP contribution in [0.2, 0.25) is 0 Å². The number of benzene rings is 1. The summed E-state index contributed by atoms with van der Waals surface area (Å²) in [5, 5.41) is 0. The summed E-state index contributed by atoms with van der Waals surface area (Å²) in [6, 6.07) is 7.03. The van der Waals surface area contributed by atoms with Gasteiger partial charge >= 0.3 is 0 Å². The molecule has 0 fully saturated rings. The molecular formula is C18H16O3. The van der Waals surface area contributed by atoms with Gasteiger partial charge in [0.2, 0.25) is 5.78 Å². The molecule has 0 saturated carbocycles. The van der Waals surface area contributed by atoms with E-state index in [-0.39, 0.29) is 17.3 Å². The average Bonchev–Trinajstić information content (AvgIpc) is 2.83. The molecule has 0 radical (unpaired) electrons. The number of aryl methyl sites for hydroxylation is 1. The molecule has 0 unspecified atom stereocenters. The second kappa shape index (κ2) is 4.69. The van der Waals surface area contributed by atoms with Gasteiger partial charge < -0.3 is 4.42 Å². The van der Waals surface area contributed by atoms with Crippen molar-refractivity contribution in [2.24, 2.45) is 0 Å². The highest BCUT2D eigenvalue weighted by molar-refractivity contribution is 6.28. The van der Waals surface area contributed by atoms with Gasteiger partial charge in [0, 0.05) is 23.1 Å². The Morgan fingerprint density at radius 3 is 2.24 bits per heavy atom. The van der Waals surface area contributed by atoms with Gasteiger partial charge in [0.25, 0.3) is 0 Å². The summed E-state index contributed by atoms with van der Waals surface area (Å²) >= 11 is 0. The standard InChI is InChI=1S/C18H16O3/c19-16-11-7-5-6-8-12(11)17(20)18-15(16)13-9-3-1-2-4-10-14(13)21-18/h5-8H,1-4,9-10H2. The van der Waals surface area contributed by atoms with E-state index in [9.17, 15) is 9.59 Å². The van der Waals surface area contributed by atoms with Crippen molar-refractivity contribution in [2.45, 2.75) is 38.5 Å². The third-order valence-electron chi connectivity index (χ3n) is 4.52. The second-order valence-corrected chi connectivity index (χ2v) is 5.83. The van der Waals surface area contributed by atoms with Crippen molar-refractivity contribution in [3.05, 3.63) is 58.0 Å². The summed E-state index contributed by atoms with van der Waals surface area (Å²) in [5.74, 6) is 0.928. The summed E-state index contributed by atoms with van der Waals surface area (Å²) in [6.45, 7) is 0. The molecule has 2 aliphatic carbocycles. The molecule has 0 saturated heterocycles. The fourth-order valence-corrected chi connectivity index (χ4v) is 3.46. The Morgan fingerprint density at radius 2 is 1.48 bits per heavy atom. The lowest BCUT2D eigenvalue weighted by Gasteiger charge is -2.14. The Hall–Kier alpha value is -2.16. The van der Waals surface area contributed by atoms with Gasteiger partial charge in [-0.1, -0.05) is 37.1 Å². The Balaban J connectivity index is 1.93. The number of fused-ring (bicyclic) bond motifs is 4. The van der Waals surface area contributed by atoms with Crippen molar-refractivity contribution in [1.82, 2.24) is 0 Å². The topological polar surface area (TPSA) is 47.3 Å². The molecule has 21 heavy (non-hydrogen) atoms. The van der Waals surface area contributed by atoms with Crippen molar-refractivity contribution < 1.29 is 14.0 Å². The van der Waals surface area contributed by atoms with Crippen LogP contribution in [0, 0.1) is 0 Å². The fourth-order valence-electron chi connectivity index (χ4n) is 3.46. The molecular weight excluding hydrogens is 264 g/mol. The Labute approximate surface area is 123 Å². The molecule has 0 amide bonds. The number of carbonyl (C=O) groups is 2. The first-order valence-corrected chi connectivity index (χ1v) is 7.60. The van der Waals surface area contributed by atoms with E-state index in [1.54, 1.807) is 24.3 Å². The molecule has 0 spiro atoms. The summed E-state index contributed by atoms with van der Waals surface area (Å²) in [4.78, 5) is 25.4. The number of ketones is 2. The SMILES string of the molecule is O=C1c2ccccc2C(=O)c2c1oc1c2CCCCCC1. The number of rotatable bonds is 0. The van der Waals surface area contributed by atoms with Gasteiger partial charge in [-0.3, -0.25) is 9.59 Å². The van der Waals surface area contributed by atoms with Crippen LogP contribution >= 0.6 is 0 Å². The van der Waals surface area contributed by atoms with E-state index in [2.05, 4.69) is 0 Å². The molecule has 3 nitrogen and oxygen atoms in total. The van der Waals surface area contributed by atoms with Gasteiger partial charge in [0.05, 0.1) is 5.56 Å². The van der Waals surface area contributed by atoms with Crippen LogP contribution in [-0.2, 0) is 12.8 Å². The maximum absolute atomic E-state index is 12.8. The summed E-state index contributed by atoms with van der Waals surface area (Å²) < 4.78 is 5.83. The monoisotopic (exact) mass is 280 g/mol. The van der Waals surface area contributed by atoms with Crippen molar-refractivity contribution in [3.8, 4) is 0 Å². The largest absolute Gasteiger partial charge is 0.456 e. The molecule has 1 heterocycles. The van der Waals surface area contributed by atoms with Gasteiger partial charge in [-0.2, -0.15) is 0 Å². The third kappa shape index (κ3) is 1.80. The van der Waals surface area contributed by atoms with Gasteiger partial charge in [-0.25, -0.2) is 0 Å². The Kier molecular flexibility index (Phi) is 2.81. The highest BCUT2D eigenvalue weighted by Crippen LogP contribution is 2.35. The van der Waals surface area contributed by atoms with E-state index in [0.717, 1.165) is 37.0 Å². The zero-order valence-corrected chi connectivity index (χ0v) is 11.8. The second-order valence-electron chi connectivity index (χ2n) is 5.83. The predicted molar refractivity (Wildman–Crippen MR) is 77.9 cm³/mol. The van der Waals surface area contributed by atoms with Crippen molar-refractivity contribution >= 4 is 11.6 Å². The molecule has 0 aliphatic heterocycles. The lowest BCUT2D eigenvalue weighted by atomic mass is 9.84. The molecule has 106 valence electrons. The van der Waals surface area contributed by atoms with Crippen LogP contribution in [0.25, 0.3) is 0 Å². The maximum Gasteiger partial charge on any atom is 0.229 e. The molecule has 1 aromatic heterocycles. The summed E-state index contributed by atoms with van der Waals surface area (Å²) in [5.41, 5.74) is 2.51. The van der Waals surface area contributed by atoms with Gasteiger partial charge in [-0.15, -0.1) is 0 Å². The van der Waals surface area contributed by atoms with E-state index in [1.165, 1.54) is 12.8 Å². The zero-order valence-electron chi connectivity index (χ0n) is 11.8. The first kappa shape index (κ1) is 12.6. The van der Waals surface area contributed by atoms with Gasteiger partial charge in [0.1, 0.15) is 5.76 Å². The van der Waals surface area contributed by atoms with E-state index < -0.39 is 0 Å². The zero-order chi connectivity index (χ0) is 14.4. The van der Waals surface area contributed by atoms with Crippen LogP contribution in [0.3, 0.4) is 0 Å². The Morgan fingerprint density at radius 1 is 0.810 bits per heavy atom. The summed E-state index contributed by atoms with van der Waals surface area (Å²) in [6.07, 6.45) is 6.16. The van der Waals surface area contributed by atoms with Crippen LogP contribution in [-0.4, -0.2) is 11.6 Å². The third-order valence-corrected chi connectivity index (χ3v) is 4.52. The van der Waals surface area contributed by atoms with Gasteiger partial charge in [-0.05, 0) is 19.3 Å². The van der Waals surface area contributed by atoms with Crippen molar-refractivity contribution in [2.75, 3.05) is 0 Å². The molecule has 2 aliphatic rings. The highest BCUT2D eigenvalue weighted by Gasteiger charge is 2.36. The minimum absolute atomic E-state index is 0.0502. The van der Waals surface area contributed by atoms with Crippen LogP contribution in [0.4, 0.5) is 0 Å². The maximum atomic E-state index is 12.8. The average molecular weight is 280 g/mol. The minimum Gasteiger partial charge on any atom is -0.456 e. The van der Waals surface area contributed by atoms with Crippen LogP contribution in [0.5, 0.6) is 0 Å². The van der Waals surface area contributed by atoms with Gasteiger partial charge in [0.15, 0.2) is 11.5 Å². The van der Waals surface area contributed by atoms with E-state index >= 15 is 0 Å². The molecule has 0 N–H and O–H groups in total. The lowest BCUT2D eigenvalue weighted by molar-refractivity contribution is 0.0959. The molecule has 4 rings (SSSR count). The van der Waals surface area contributed by atoms with E-state index in [4.69, 9.17) is 4.42 Å². The molecule has 1 aromatic carbocycles. The first-order valence-electron chi connectivity index (χ1n) is 7.60. The van der Waals surface area contributed by atoms with E-state index in [0.29, 0.717) is 16.7 Å². The Bertz CT molecular complexity index is 752. The smallest absolute Gasteiger partial charge is 0.229 e. The van der Waals surface area contributed by atoms with Crippen molar-refractivity contribution in [3.63, 3.8) is 0 Å². The molecule has 0 atom stereocenters. The van der Waals surface area contributed by atoms with Crippen molar-refractivity contribution in [1.29, 1.82) is 0 Å². The quantitative estimate of drug-likeness (QED) is 0.630.